The molecule has 3 aliphatic rings. The number of fused-ring (bicyclic) bond motifs is 2. The van der Waals surface area contributed by atoms with Crippen molar-refractivity contribution in [3.8, 4) is 0 Å². The van der Waals surface area contributed by atoms with Crippen LogP contribution < -0.4 is 0 Å². The fourth-order valence-electron chi connectivity index (χ4n) is 6.93. The van der Waals surface area contributed by atoms with Crippen molar-refractivity contribution in [2.75, 3.05) is 79.0 Å². The standard InChI is InChI=1S/C40H52N4O10/c1-3-5-15-33(43-35(45)29-11-7-8-12-30(29)36(43)46)39(49)41-17-21-51-25-27-53-23-19-42(20-24-54-28-26-52-22-18-41)40(50)34(16-6-4-2)44-37(47)31-13-9-10-14-32(31)38(44)48/h7-14,33-34H,3-6,15-28H2,1-2H3/t33-,34-/m0/s1. The molecule has 1 saturated heterocycles. The topological polar surface area (TPSA) is 152 Å². The van der Waals surface area contributed by atoms with Crippen molar-refractivity contribution in [3.05, 3.63) is 70.8 Å². The molecule has 0 aromatic heterocycles. The lowest BCUT2D eigenvalue weighted by atomic mass is 10.1. The van der Waals surface area contributed by atoms with Gasteiger partial charge in [-0.05, 0) is 37.1 Å². The summed E-state index contributed by atoms with van der Waals surface area (Å²) in [5.41, 5.74) is 1.20. The Balaban J connectivity index is 1.20. The maximum Gasteiger partial charge on any atom is 0.262 e. The summed E-state index contributed by atoms with van der Waals surface area (Å²) in [6, 6.07) is 11.3. The molecule has 54 heavy (non-hydrogen) atoms. The van der Waals surface area contributed by atoms with Gasteiger partial charge in [-0.2, -0.15) is 0 Å². The van der Waals surface area contributed by atoms with E-state index < -0.39 is 35.7 Å². The van der Waals surface area contributed by atoms with Gasteiger partial charge in [-0.1, -0.05) is 63.8 Å². The van der Waals surface area contributed by atoms with Crippen LogP contribution >= 0.6 is 0 Å². The smallest absolute Gasteiger partial charge is 0.262 e. The highest BCUT2D eigenvalue weighted by molar-refractivity contribution is 6.23. The van der Waals surface area contributed by atoms with Crippen LogP contribution in [0, 0.1) is 0 Å². The summed E-state index contributed by atoms with van der Waals surface area (Å²) in [5.74, 6) is -2.53. The number of ether oxygens (including phenoxy) is 4. The second-order valence-corrected chi connectivity index (χ2v) is 13.5. The molecule has 14 heteroatoms. The van der Waals surface area contributed by atoms with Crippen LogP contribution in [0.25, 0.3) is 0 Å². The second kappa shape index (κ2) is 20.3. The second-order valence-electron chi connectivity index (χ2n) is 13.5. The molecular formula is C40H52N4O10. The lowest BCUT2D eigenvalue weighted by molar-refractivity contribution is -0.138. The Labute approximate surface area is 316 Å². The van der Waals surface area contributed by atoms with Crippen LogP contribution in [0.1, 0.15) is 93.8 Å². The van der Waals surface area contributed by atoms with Crippen molar-refractivity contribution in [2.45, 2.75) is 64.5 Å². The fraction of sp³-hybridized carbons (Fsp3) is 0.550. The number of amides is 6. The van der Waals surface area contributed by atoms with Gasteiger partial charge in [0.25, 0.3) is 23.6 Å². The molecule has 0 unspecified atom stereocenters. The SMILES string of the molecule is CCCC[C@@H](C(=O)N1CCOCCOCCN(C(=O)[C@H](CCCC)N2C(=O)c3ccccc3C2=O)CCOCCOCC1)N1C(=O)c2ccccc2C1=O. The van der Waals surface area contributed by atoms with Gasteiger partial charge in [0, 0.05) is 26.2 Å². The van der Waals surface area contributed by atoms with E-state index in [-0.39, 0.29) is 90.8 Å². The van der Waals surface area contributed by atoms with E-state index in [9.17, 15) is 28.8 Å². The molecule has 3 heterocycles. The lowest BCUT2D eigenvalue weighted by Crippen LogP contribution is -2.52. The molecular weight excluding hydrogens is 696 g/mol. The summed E-state index contributed by atoms with van der Waals surface area (Å²) >= 11 is 0. The fourth-order valence-corrected chi connectivity index (χ4v) is 6.93. The van der Waals surface area contributed by atoms with Gasteiger partial charge in [0.1, 0.15) is 12.1 Å². The third-order valence-electron chi connectivity index (χ3n) is 9.90. The molecule has 292 valence electrons. The van der Waals surface area contributed by atoms with Crippen LogP contribution in [-0.2, 0) is 28.5 Å². The number of rotatable bonds is 10. The average Bonchev–Trinajstić information content (AvgIpc) is 3.59. The van der Waals surface area contributed by atoms with E-state index in [0.29, 0.717) is 47.9 Å². The van der Waals surface area contributed by atoms with Crippen molar-refractivity contribution in [2.24, 2.45) is 0 Å². The van der Waals surface area contributed by atoms with E-state index in [1.807, 2.05) is 13.8 Å². The first kappa shape index (κ1) is 40.7. The Morgan fingerprint density at radius 1 is 0.500 bits per heavy atom. The molecule has 0 aliphatic carbocycles. The Morgan fingerprint density at radius 2 is 0.778 bits per heavy atom. The van der Waals surface area contributed by atoms with Crippen LogP contribution in [0.5, 0.6) is 0 Å². The largest absolute Gasteiger partial charge is 0.377 e. The van der Waals surface area contributed by atoms with Crippen molar-refractivity contribution < 1.29 is 47.7 Å². The number of hydrogen-bond acceptors (Lipinski definition) is 10. The van der Waals surface area contributed by atoms with E-state index in [1.54, 1.807) is 58.3 Å². The van der Waals surface area contributed by atoms with Crippen molar-refractivity contribution in [3.63, 3.8) is 0 Å². The molecule has 3 aliphatic heterocycles. The molecule has 2 aromatic carbocycles. The Hall–Kier alpha value is -4.50. The number of hydrogen-bond donors (Lipinski definition) is 0. The summed E-state index contributed by atoms with van der Waals surface area (Å²) in [4.78, 5) is 87.0. The summed E-state index contributed by atoms with van der Waals surface area (Å²) in [6.07, 6.45) is 3.58. The Bertz CT molecular complexity index is 1440. The summed E-state index contributed by atoms with van der Waals surface area (Å²) in [6.45, 7) is 6.47. The first-order valence-electron chi connectivity index (χ1n) is 19.1. The zero-order valence-corrected chi connectivity index (χ0v) is 31.4. The number of imide groups is 2. The highest BCUT2D eigenvalue weighted by Gasteiger charge is 2.45. The summed E-state index contributed by atoms with van der Waals surface area (Å²) in [7, 11) is 0. The molecule has 0 spiro atoms. The number of nitrogens with zero attached hydrogens (tertiary/aromatic N) is 4. The Morgan fingerprint density at radius 3 is 1.04 bits per heavy atom. The van der Waals surface area contributed by atoms with Gasteiger partial charge < -0.3 is 28.7 Å². The van der Waals surface area contributed by atoms with Gasteiger partial charge in [0.15, 0.2) is 0 Å². The van der Waals surface area contributed by atoms with Crippen LogP contribution in [0.3, 0.4) is 0 Å². The van der Waals surface area contributed by atoms with E-state index in [0.717, 1.165) is 22.6 Å². The molecule has 2 atom stereocenters. The van der Waals surface area contributed by atoms with Crippen molar-refractivity contribution >= 4 is 35.4 Å². The third kappa shape index (κ3) is 9.59. The van der Waals surface area contributed by atoms with Gasteiger partial charge in [-0.15, -0.1) is 0 Å². The number of benzene rings is 2. The molecule has 14 nitrogen and oxygen atoms in total. The zero-order valence-electron chi connectivity index (χ0n) is 31.4. The summed E-state index contributed by atoms with van der Waals surface area (Å²) in [5, 5.41) is 0. The highest BCUT2D eigenvalue weighted by atomic mass is 16.5. The van der Waals surface area contributed by atoms with Crippen LogP contribution in [0.4, 0.5) is 0 Å². The monoisotopic (exact) mass is 748 g/mol. The lowest BCUT2D eigenvalue weighted by Gasteiger charge is -2.32. The number of unbranched alkanes of at least 4 members (excludes halogenated alkanes) is 2. The zero-order chi connectivity index (χ0) is 38.5. The minimum absolute atomic E-state index is 0.185. The minimum Gasteiger partial charge on any atom is -0.377 e. The maximum absolute atomic E-state index is 14.1. The average molecular weight is 749 g/mol. The number of carbonyl (C=O) groups is 6. The van der Waals surface area contributed by atoms with E-state index in [2.05, 4.69) is 0 Å². The van der Waals surface area contributed by atoms with E-state index >= 15 is 0 Å². The minimum atomic E-state index is -0.953. The molecule has 0 saturated carbocycles. The Kier molecular flexibility index (Phi) is 15.3. The van der Waals surface area contributed by atoms with Crippen molar-refractivity contribution in [1.29, 1.82) is 0 Å². The van der Waals surface area contributed by atoms with E-state index in [1.165, 1.54) is 0 Å². The van der Waals surface area contributed by atoms with Crippen LogP contribution in [0.15, 0.2) is 48.5 Å². The third-order valence-corrected chi connectivity index (χ3v) is 9.90. The predicted octanol–water partition coefficient (Wildman–Crippen LogP) is 3.43. The van der Waals surface area contributed by atoms with Gasteiger partial charge in [-0.25, -0.2) is 0 Å². The predicted molar refractivity (Wildman–Crippen MR) is 197 cm³/mol. The first-order chi connectivity index (χ1) is 26.3. The van der Waals surface area contributed by atoms with Crippen molar-refractivity contribution in [1.82, 2.24) is 19.6 Å². The maximum atomic E-state index is 14.1. The van der Waals surface area contributed by atoms with E-state index in [4.69, 9.17) is 18.9 Å². The molecule has 6 amide bonds. The van der Waals surface area contributed by atoms with Gasteiger partial charge in [0.05, 0.1) is 75.1 Å². The molecule has 0 bridgehead atoms. The molecule has 2 aromatic rings. The van der Waals surface area contributed by atoms with Gasteiger partial charge in [0.2, 0.25) is 11.8 Å². The highest BCUT2D eigenvalue weighted by Crippen LogP contribution is 2.29. The number of carbonyl (C=O) groups excluding carboxylic acids is 6. The molecule has 1 fully saturated rings. The summed E-state index contributed by atoms with van der Waals surface area (Å²) < 4.78 is 23.3. The quantitative estimate of drug-likeness (QED) is 0.331. The van der Waals surface area contributed by atoms with Crippen LogP contribution in [0.2, 0.25) is 0 Å². The normalized spacial score (nSPS) is 19.3. The molecule has 0 radical (unpaired) electrons. The van der Waals surface area contributed by atoms with Gasteiger partial charge in [-0.3, -0.25) is 38.6 Å². The molecule has 0 N–H and O–H groups in total. The van der Waals surface area contributed by atoms with Crippen LogP contribution in [-0.4, -0.2) is 146 Å². The van der Waals surface area contributed by atoms with Gasteiger partial charge >= 0.3 is 0 Å². The molecule has 5 rings (SSSR count). The first-order valence-corrected chi connectivity index (χ1v) is 19.1.